The second kappa shape index (κ2) is 2.99. The molecule has 0 aromatic heterocycles. The number of nitrogens with one attached hydrogen (secondary N) is 1. The molecule has 0 bridgehead atoms. The summed E-state index contributed by atoms with van der Waals surface area (Å²) in [6, 6.07) is 0. The van der Waals surface area contributed by atoms with Gasteiger partial charge in [-0.25, -0.2) is 0 Å². The summed E-state index contributed by atoms with van der Waals surface area (Å²) in [4.78, 5) is 10.3. The van der Waals surface area contributed by atoms with Crippen molar-refractivity contribution in [3.63, 3.8) is 0 Å². The van der Waals surface area contributed by atoms with Gasteiger partial charge < -0.3 is 4.52 Å². The Hall–Kier alpha value is -0.340. The van der Waals surface area contributed by atoms with Gasteiger partial charge in [-0.1, -0.05) is 0 Å². The Balaban J connectivity index is 3.88. The molecule has 0 aliphatic heterocycles. The maximum atomic E-state index is 10.8. The summed E-state index contributed by atoms with van der Waals surface area (Å²) in [7, 11) is -1.54. The van der Waals surface area contributed by atoms with Gasteiger partial charge in [0.1, 0.15) is 0 Å². The fourth-order valence-electron chi connectivity index (χ4n) is 0.332. The SMILES string of the molecule is COP(C)(=O)NC(C)=O. The Bertz CT molecular complexity index is 156. The minimum absolute atomic E-state index is 0.345. The van der Waals surface area contributed by atoms with Crippen molar-refractivity contribution < 1.29 is 13.9 Å². The first-order valence-corrected chi connectivity index (χ1v) is 4.47. The molecule has 0 spiro atoms. The Morgan fingerprint density at radius 2 is 2.11 bits per heavy atom. The highest BCUT2D eigenvalue weighted by molar-refractivity contribution is 7.56. The van der Waals surface area contributed by atoms with Crippen molar-refractivity contribution in [3.05, 3.63) is 0 Å². The van der Waals surface area contributed by atoms with Crippen molar-refractivity contribution in [2.45, 2.75) is 6.92 Å². The molecule has 0 heterocycles. The Morgan fingerprint density at radius 3 is 2.22 bits per heavy atom. The number of amides is 1. The molecule has 5 heteroatoms. The Morgan fingerprint density at radius 1 is 1.67 bits per heavy atom. The maximum Gasteiger partial charge on any atom is 0.292 e. The summed E-state index contributed by atoms with van der Waals surface area (Å²) < 4.78 is 15.3. The van der Waals surface area contributed by atoms with Gasteiger partial charge in [0.15, 0.2) is 0 Å². The van der Waals surface area contributed by atoms with Gasteiger partial charge in [-0.3, -0.25) is 14.4 Å². The van der Waals surface area contributed by atoms with Crippen molar-refractivity contribution in [2.24, 2.45) is 0 Å². The second-order valence-electron chi connectivity index (χ2n) is 1.70. The summed E-state index contributed by atoms with van der Waals surface area (Å²) in [5.41, 5.74) is 0. The summed E-state index contributed by atoms with van der Waals surface area (Å²) >= 11 is 0. The molecule has 4 nitrogen and oxygen atoms in total. The van der Waals surface area contributed by atoms with Crippen LogP contribution in [0, 0.1) is 0 Å². The van der Waals surface area contributed by atoms with Crippen LogP contribution in [0.15, 0.2) is 0 Å². The van der Waals surface area contributed by atoms with E-state index in [1.54, 1.807) is 0 Å². The third-order valence-electron chi connectivity index (χ3n) is 0.709. The lowest BCUT2D eigenvalue weighted by atomic mass is 10.8. The van der Waals surface area contributed by atoms with Crippen LogP contribution in [0.2, 0.25) is 0 Å². The zero-order chi connectivity index (χ0) is 7.49. The van der Waals surface area contributed by atoms with E-state index in [0.29, 0.717) is 0 Å². The molecule has 0 rings (SSSR count). The standard InChI is InChI=1S/C4H10NO3P/c1-4(6)5-9(3,7)8-2/h1-3H3,(H,5,6,7). The van der Waals surface area contributed by atoms with E-state index in [9.17, 15) is 9.36 Å². The van der Waals surface area contributed by atoms with Crippen molar-refractivity contribution in [3.8, 4) is 0 Å². The smallest absolute Gasteiger partial charge is 0.292 e. The van der Waals surface area contributed by atoms with Gasteiger partial charge in [-0.2, -0.15) is 0 Å². The lowest BCUT2D eigenvalue weighted by molar-refractivity contribution is -0.117. The molecule has 54 valence electrons. The van der Waals surface area contributed by atoms with Gasteiger partial charge in [-0.15, -0.1) is 0 Å². The fourth-order valence-corrected chi connectivity index (χ4v) is 0.995. The van der Waals surface area contributed by atoms with Gasteiger partial charge in [0.25, 0.3) is 7.52 Å². The highest BCUT2D eigenvalue weighted by Gasteiger charge is 2.13. The predicted molar refractivity (Wildman–Crippen MR) is 34.4 cm³/mol. The van der Waals surface area contributed by atoms with E-state index < -0.39 is 7.52 Å². The molecule has 0 aromatic rings. The monoisotopic (exact) mass is 151 g/mol. The maximum absolute atomic E-state index is 10.8. The van der Waals surface area contributed by atoms with Crippen molar-refractivity contribution in [1.29, 1.82) is 0 Å². The Kier molecular flexibility index (Phi) is 2.88. The summed E-state index contributed by atoms with van der Waals surface area (Å²) in [6.07, 6.45) is 0. The van der Waals surface area contributed by atoms with Crippen LogP contribution in [0.4, 0.5) is 0 Å². The number of hydrogen-bond donors (Lipinski definition) is 1. The quantitative estimate of drug-likeness (QED) is 0.587. The van der Waals surface area contributed by atoms with Crippen LogP contribution < -0.4 is 5.09 Å². The van der Waals surface area contributed by atoms with E-state index in [1.807, 2.05) is 0 Å². The molecule has 0 aliphatic carbocycles. The molecular weight excluding hydrogens is 141 g/mol. The van der Waals surface area contributed by atoms with Gasteiger partial charge in [-0.05, 0) is 0 Å². The number of carbonyl (C=O) groups excluding carboxylic acids is 1. The summed E-state index contributed by atoms with van der Waals surface area (Å²) in [5.74, 6) is -0.345. The minimum atomic E-state index is -2.83. The van der Waals surface area contributed by atoms with E-state index in [2.05, 4.69) is 9.61 Å². The summed E-state index contributed by atoms with van der Waals surface area (Å²) in [5, 5.41) is 2.16. The van der Waals surface area contributed by atoms with Crippen molar-refractivity contribution >= 4 is 13.4 Å². The van der Waals surface area contributed by atoms with Crippen LogP contribution in [-0.4, -0.2) is 19.7 Å². The molecule has 1 atom stereocenters. The van der Waals surface area contributed by atoms with Crippen LogP contribution in [0.5, 0.6) is 0 Å². The molecule has 1 N–H and O–H groups in total. The van der Waals surface area contributed by atoms with E-state index in [0.717, 1.165) is 0 Å². The highest BCUT2D eigenvalue weighted by atomic mass is 31.2. The van der Waals surface area contributed by atoms with Gasteiger partial charge in [0.05, 0.1) is 0 Å². The average Bonchev–Trinajstić information content (AvgIpc) is 1.63. The lowest BCUT2D eigenvalue weighted by Crippen LogP contribution is -2.16. The highest BCUT2D eigenvalue weighted by Crippen LogP contribution is 2.35. The first-order chi connectivity index (χ1) is 3.98. The zero-order valence-corrected chi connectivity index (χ0v) is 6.57. The van der Waals surface area contributed by atoms with Crippen molar-refractivity contribution in [2.75, 3.05) is 13.8 Å². The number of rotatable bonds is 2. The second-order valence-corrected chi connectivity index (χ2v) is 3.98. The van der Waals surface area contributed by atoms with Crippen LogP contribution in [0.25, 0.3) is 0 Å². The zero-order valence-electron chi connectivity index (χ0n) is 5.67. The third kappa shape index (κ3) is 4.18. The van der Waals surface area contributed by atoms with Gasteiger partial charge in [0, 0.05) is 20.7 Å². The molecular formula is C4H10NO3P. The average molecular weight is 151 g/mol. The van der Waals surface area contributed by atoms with Crippen LogP contribution in [0.3, 0.4) is 0 Å². The third-order valence-corrected chi connectivity index (χ3v) is 2.13. The summed E-state index contributed by atoms with van der Waals surface area (Å²) in [6.45, 7) is 2.63. The molecule has 0 radical (unpaired) electrons. The first-order valence-electron chi connectivity index (χ1n) is 2.40. The van der Waals surface area contributed by atoms with E-state index >= 15 is 0 Å². The van der Waals surface area contributed by atoms with E-state index in [-0.39, 0.29) is 5.91 Å². The number of carbonyl (C=O) groups is 1. The van der Waals surface area contributed by atoms with E-state index in [1.165, 1.54) is 20.7 Å². The predicted octanol–water partition coefficient (Wildman–Crippen LogP) is 0.592. The molecule has 1 amide bonds. The van der Waals surface area contributed by atoms with Crippen LogP contribution in [0.1, 0.15) is 6.92 Å². The molecule has 0 saturated heterocycles. The van der Waals surface area contributed by atoms with Crippen LogP contribution in [-0.2, 0) is 13.9 Å². The molecule has 9 heavy (non-hydrogen) atoms. The normalized spacial score (nSPS) is 16.3. The van der Waals surface area contributed by atoms with E-state index in [4.69, 9.17) is 0 Å². The largest absolute Gasteiger partial charge is 0.317 e. The molecule has 0 aliphatic rings. The molecule has 0 aromatic carbocycles. The van der Waals surface area contributed by atoms with Gasteiger partial charge in [0.2, 0.25) is 5.91 Å². The Labute approximate surface area is 54.1 Å². The van der Waals surface area contributed by atoms with Crippen molar-refractivity contribution in [1.82, 2.24) is 5.09 Å². The van der Waals surface area contributed by atoms with Gasteiger partial charge >= 0.3 is 0 Å². The molecule has 0 saturated carbocycles. The topological polar surface area (TPSA) is 55.4 Å². The minimum Gasteiger partial charge on any atom is -0.317 e. The lowest BCUT2D eigenvalue weighted by Gasteiger charge is -2.09. The number of hydrogen-bond acceptors (Lipinski definition) is 3. The molecule has 1 unspecified atom stereocenters. The molecule has 0 fully saturated rings. The van der Waals surface area contributed by atoms with Crippen LogP contribution >= 0.6 is 7.52 Å². The first kappa shape index (κ1) is 8.66. The fraction of sp³-hybridized carbons (Fsp3) is 0.750.